The Morgan fingerprint density at radius 2 is 2.28 bits per heavy atom. The number of aliphatic hydroxyl groups excluding tert-OH is 1. The van der Waals surface area contributed by atoms with E-state index in [1.54, 1.807) is 24.3 Å². The fourth-order valence-corrected chi connectivity index (χ4v) is 2.16. The average Bonchev–Trinajstić information content (AvgIpc) is 3.12. The molecule has 0 radical (unpaired) electrons. The number of rotatable bonds is 5. The van der Waals surface area contributed by atoms with E-state index in [-0.39, 0.29) is 18.7 Å². The van der Waals surface area contributed by atoms with E-state index in [4.69, 9.17) is 16.7 Å². The van der Waals surface area contributed by atoms with Crippen molar-refractivity contribution >= 4 is 23.3 Å². The van der Waals surface area contributed by atoms with Crippen LogP contribution in [0.1, 0.15) is 19.3 Å². The fraction of sp³-hybridized carbons (Fsp3) is 0.462. The van der Waals surface area contributed by atoms with Crippen molar-refractivity contribution in [3.8, 4) is 0 Å². The van der Waals surface area contributed by atoms with Gasteiger partial charge in [-0.05, 0) is 43.4 Å². The number of nitrogens with one attached hydrogen (secondary N) is 2. The first-order valence-corrected chi connectivity index (χ1v) is 6.51. The highest BCUT2D eigenvalue weighted by Gasteiger charge is 2.31. The first-order chi connectivity index (χ1) is 8.69. The van der Waals surface area contributed by atoms with Crippen LogP contribution in [0, 0.1) is 5.92 Å². The van der Waals surface area contributed by atoms with Crippen molar-refractivity contribution in [2.24, 2.45) is 5.92 Å². The van der Waals surface area contributed by atoms with Crippen LogP contribution in [0.25, 0.3) is 0 Å². The third kappa shape index (κ3) is 3.89. The Kier molecular flexibility index (Phi) is 4.44. The van der Waals surface area contributed by atoms with Gasteiger partial charge in [0.15, 0.2) is 0 Å². The molecule has 18 heavy (non-hydrogen) atoms. The van der Waals surface area contributed by atoms with Gasteiger partial charge in [-0.3, -0.25) is 0 Å². The van der Waals surface area contributed by atoms with Crippen LogP contribution in [0.2, 0.25) is 5.02 Å². The zero-order chi connectivity index (χ0) is 13.0. The van der Waals surface area contributed by atoms with Crippen LogP contribution in [-0.2, 0) is 0 Å². The van der Waals surface area contributed by atoms with Crippen molar-refractivity contribution in [2.45, 2.75) is 25.3 Å². The molecule has 98 valence electrons. The van der Waals surface area contributed by atoms with Crippen LogP contribution in [0.4, 0.5) is 10.5 Å². The lowest BCUT2D eigenvalue weighted by atomic mass is 10.1. The summed E-state index contributed by atoms with van der Waals surface area (Å²) in [5, 5.41) is 15.2. The molecule has 3 N–H and O–H groups in total. The van der Waals surface area contributed by atoms with Crippen molar-refractivity contribution in [2.75, 3.05) is 11.9 Å². The lowest BCUT2D eigenvalue weighted by Gasteiger charge is -2.17. The van der Waals surface area contributed by atoms with Crippen LogP contribution < -0.4 is 10.6 Å². The van der Waals surface area contributed by atoms with Gasteiger partial charge in [0, 0.05) is 23.4 Å². The molecule has 4 nitrogen and oxygen atoms in total. The molecule has 0 aromatic heterocycles. The molecule has 2 rings (SSSR count). The summed E-state index contributed by atoms with van der Waals surface area (Å²) in [6, 6.07) is 6.83. The maximum Gasteiger partial charge on any atom is 0.319 e. The van der Waals surface area contributed by atoms with Gasteiger partial charge in [0.2, 0.25) is 0 Å². The molecule has 2 amide bonds. The minimum absolute atomic E-state index is 0.0641. The molecule has 0 spiro atoms. The van der Waals surface area contributed by atoms with Crippen LogP contribution in [-0.4, -0.2) is 23.8 Å². The Bertz CT molecular complexity index is 421. The van der Waals surface area contributed by atoms with Crippen molar-refractivity contribution in [3.05, 3.63) is 29.3 Å². The van der Waals surface area contributed by atoms with E-state index in [2.05, 4.69) is 10.6 Å². The Hall–Kier alpha value is -1.26. The van der Waals surface area contributed by atoms with Crippen LogP contribution in [0.15, 0.2) is 24.3 Å². The number of aliphatic hydroxyl groups is 1. The third-order valence-electron chi connectivity index (χ3n) is 3.03. The van der Waals surface area contributed by atoms with E-state index < -0.39 is 0 Å². The molecule has 1 aliphatic rings. The molecular weight excluding hydrogens is 252 g/mol. The number of carbonyl (C=O) groups excluding carboxylic acids is 1. The standard InChI is InChI=1S/C13H17ClN2O2/c14-10-2-1-3-11(8-10)15-13(18)16-12(6-7-17)9-4-5-9/h1-3,8-9,12,17H,4-7H2,(H2,15,16,18). The molecule has 1 aromatic rings. The minimum Gasteiger partial charge on any atom is -0.396 e. The summed E-state index contributed by atoms with van der Waals surface area (Å²) in [5.74, 6) is 0.516. The van der Waals surface area contributed by atoms with Crippen molar-refractivity contribution in [1.82, 2.24) is 5.32 Å². The molecule has 1 atom stereocenters. The van der Waals surface area contributed by atoms with E-state index in [1.165, 1.54) is 0 Å². The van der Waals surface area contributed by atoms with Crippen molar-refractivity contribution in [3.63, 3.8) is 0 Å². The van der Waals surface area contributed by atoms with E-state index in [9.17, 15) is 4.79 Å². The average molecular weight is 269 g/mol. The monoisotopic (exact) mass is 268 g/mol. The second-order valence-electron chi connectivity index (χ2n) is 4.57. The van der Waals surface area contributed by atoms with Gasteiger partial charge in [-0.1, -0.05) is 17.7 Å². The van der Waals surface area contributed by atoms with E-state index >= 15 is 0 Å². The molecule has 0 bridgehead atoms. The van der Waals surface area contributed by atoms with Gasteiger partial charge < -0.3 is 15.7 Å². The predicted molar refractivity (Wildman–Crippen MR) is 71.8 cm³/mol. The number of amides is 2. The van der Waals surface area contributed by atoms with E-state index in [1.807, 2.05) is 0 Å². The lowest BCUT2D eigenvalue weighted by molar-refractivity contribution is 0.234. The number of hydrogen-bond donors (Lipinski definition) is 3. The minimum atomic E-state index is -0.248. The normalized spacial score (nSPS) is 16.1. The highest BCUT2D eigenvalue weighted by molar-refractivity contribution is 6.30. The number of anilines is 1. The molecule has 1 aliphatic carbocycles. The summed E-state index contributed by atoms with van der Waals surface area (Å²) in [7, 11) is 0. The van der Waals surface area contributed by atoms with Gasteiger partial charge in [0.25, 0.3) is 0 Å². The number of benzene rings is 1. The van der Waals surface area contributed by atoms with E-state index in [0.29, 0.717) is 23.0 Å². The zero-order valence-electron chi connectivity index (χ0n) is 10.0. The SMILES string of the molecule is O=C(Nc1cccc(Cl)c1)NC(CCO)C1CC1. The number of halogens is 1. The summed E-state index contributed by atoms with van der Waals surface area (Å²) >= 11 is 5.84. The number of urea groups is 1. The molecule has 0 heterocycles. The first kappa shape index (κ1) is 13.2. The van der Waals surface area contributed by atoms with E-state index in [0.717, 1.165) is 12.8 Å². The third-order valence-corrected chi connectivity index (χ3v) is 3.27. The van der Waals surface area contributed by atoms with Gasteiger partial charge in [-0.25, -0.2) is 4.79 Å². The highest BCUT2D eigenvalue weighted by Crippen LogP contribution is 2.33. The van der Waals surface area contributed by atoms with Crippen LogP contribution in [0.5, 0.6) is 0 Å². The Morgan fingerprint density at radius 1 is 1.50 bits per heavy atom. The topological polar surface area (TPSA) is 61.4 Å². The summed E-state index contributed by atoms with van der Waals surface area (Å²) in [6.45, 7) is 0.0958. The number of hydrogen-bond acceptors (Lipinski definition) is 2. The molecule has 1 aromatic carbocycles. The molecule has 1 fully saturated rings. The molecule has 1 unspecified atom stereocenters. The van der Waals surface area contributed by atoms with Gasteiger partial charge in [-0.2, -0.15) is 0 Å². The largest absolute Gasteiger partial charge is 0.396 e. The maximum atomic E-state index is 11.8. The Labute approximate surface area is 111 Å². The first-order valence-electron chi connectivity index (χ1n) is 6.13. The smallest absolute Gasteiger partial charge is 0.319 e. The molecule has 0 aliphatic heterocycles. The number of carbonyl (C=O) groups is 1. The molecular formula is C13H17ClN2O2. The maximum absolute atomic E-state index is 11.8. The van der Waals surface area contributed by atoms with Crippen LogP contribution in [0.3, 0.4) is 0 Å². The molecule has 1 saturated carbocycles. The van der Waals surface area contributed by atoms with Gasteiger partial charge in [0.05, 0.1) is 0 Å². The van der Waals surface area contributed by atoms with Gasteiger partial charge in [0.1, 0.15) is 0 Å². The van der Waals surface area contributed by atoms with Crippen LogP contribution >= 0.6 is 11.6 Å². The molecule has 5 heteroatoms. The summed E-state index contributed by atoms with van der Waals surface area (Å²) in [6.07, 6.45) is 2.86. The lowest BCUT2D eigenvalue weighted by Crippen LogP contribution is -2.39. The predicted octanol–water partition coefficient (Wildman–Crippen LogP) is 2.62. The van der Waals surface area contributed by atoms with Gasteiger partial charge >= 0.3 is 6.03 Å². The second kappa shape index (κ2) is 6.07. The second-order valence-corrected chi connectivity index (χ2v) is 5.00. The Morgan fingerprint density at radius 3 is 2.89 bits per heavy atom. The fourth-order valence-electron chi connectivity index (χ4n) is 1.97. The quantitative estimate of drug-likeness (QED) is 0.769. The highest BCUT2D eigenvalue weighted by atomic mass is 35.5. The summed E-state index contributed by atoms with van der Waals surface area (Å²) in [5.41, 5.74) is 0.665. The van der Waals surface area contributed by atoms with Crippen molar-refractivity contribution < 1.29 is 9.90 Å². The summed E-state index contributed by atoms with van der Waals surface area (Å²) < 4.78 is 0. The zero-order valence-corrected chi connectivity index (χ0v) is 10.8. The van der Waals surface area contributed by atoms with Crippen molar-refractivity contribution in [1.29, 1.82) is 0 Å². The summed E-state index contributed by atoms with van der Waals surface area (Å²) in [4.78, 5) is 11.8. The van der Waals surface area contributed by atoms with Gasteiger partial charge in [-0.15, -0.1) is 0 Å². The molecule has 0 saturated heterocycles. The Balaban J connectivity index is 1.87.